The minimum atomic E-state index is 0.556. The zero-order valence-electron chi connectivity index (χ0n) is 11.9. The van der Waals surface area contributed by atoms with Crippen molar-refractivity contribution in [3.63, 3.8) is 0 Å². The molecule has 20 heavy (non-hydrogen) atoms. The van der Waals surface area contributed by atoms with Gasteiger partial charge in [0.1, 0.15) is 0 Å². The van der Waals surface area contributed by atoms with E-state index in [0.29, 0.717) is 5.92 Å². The monoisotopic (exact) mass is 267 g/mol. The topological polar surface area (TPSA) is 42.2 Å². The molecule has 1 atom stereocenters. The molecule has 0 amide bonds. The van der Waals surface area contributed by atoms with E-state index in [0.717, 1.165) is 31.7 Å². The van der Waals surface area contributed by atoms with Crippen molar-refractivity contribution in [1.82, 2.24) is 4.98 Å². The second-order valence-electron chi connectivity index (χ2n) is 5.48. The number of anilines is 1. The fourth-order valence-electron chi connectivity index (χ4n) is 3.05. The predicted octanol–water partition coefficient (Wildman–Crippen LogP) is 2.84. The summed E-state index contributed by atoms with van der Waals surface area (Å²) in [6.07, 6.45) is 2.93. The Balaban J connectivity index is 1.87. The van der Waals surface area contributed by atoms with E-state index in [1.165, 1.54) is 16.8 Å². The first kappa shape index (κ1) is 13.1. The third-order valence-electron chi connectivity index (χ3n) is 4.13. The lowest BCUT2D eigenvalue weighted by molar-refractivity contribution is 0.641. The average Bonchev–Trinajstić information content (AvgIpc) is 2.81. The smallest absolute Gasteiger partial charge is 0.0626 e. The Labute approximate surface area is 120 Å². The van der Waals surface area contributed by atoms with E-state index in [-0.39, 0.29) is 0 Å². The summed E-state index contributed by atoms with van der Waals surface area (Å²) >= 11 is 0. The average molecular weight is 267 g/mol. The third-order valence-corrected chi connectivity index (χ3v) is 4.13. The Hall–Kier alpha value is -1.87. The Morgan fingerprint density at radius 2 is 2.10 bits per heavy atom. The fraction of sp³-hybridized carbons (Fsp3) is 0.353. The molecule has 1 aliphatic rings. The van der Waals surface area contributed by atoms with Crippen LogP contribution in [0.1, 0.15) is 29.2 Å². The summed E-state index contributed by atoms with van der Waals surface area (Å²) < 4.78 is 0. The molecule has 3 heteroatoms. The first-order valence-electron chi connectivity index (χ1n) is 7.24. The van der Waals surface area contributed by atoms with Gasteiger partial charge in [0.15, 0.2) is 0 Å². The molecule has 2 N–H and O–H groups in total. The molecule has 3 nitrogen and oxygen atoms in total. The second-order valence-corrected chi connectivity index (χ2v) is 5.48. The van der Waals surface area contributed by atoms with Gasteiger partial charge in [-0.3, -0.25) is 4.98 Å². The lowest BCUT2D eigenvalue weighted by atomic mass is 9.98. The van der Waals surface area contributed by atoms with Crippen LogP contribution in [0, 0.1) is 6.92 Å². The maximum Gasteiger partial charge on any atom is 0.0626 e. The van der Waals surface area contributed by atoms with Gasteiger partial charge in [-0.1, -0.05) is 24.3 Å². The number of pyridine rings is 1. The summed E-state index contributed by atoms with van der Waals surface area (Å²) in [7, 11) is 0. The van der Waals surface area contributed by atoms with E-state index in [1.807, 2.05) is 12.3 Å². The highest BCUT2D eigenvalue weighted by molar-refractivity contribution is 5.60. The van der Waals surface area contributed by atoms with Gasteiger partial charge in [0.2, 0.25) is 0 Å². The highest BCUT2D eigenvalue weighted by Gasteiger charge is 2.27. The summed E-state index contributed by atoms with van der Waals surface area (Å²) in [5.74, 6) is 0.556. The molecular formula is C17H21N3. The van der Waals surface area contributed by atoms with Crippen LogP contribution in [0.15, 0.2) is 42.6 Å². The molecule has 0 saturated carbocycles. The molecule has 0 radical (unpaired) electrons. The number of hydrogen-bond donors (Lipinski definition) is 1. The summed E-state index contributed by atoms with van der Waals surface area (Å²) in [5.41, 5.74) is 11.0. The maximum atomic E-state index is 5.76. The number of nitrogens with zero attached hydrogens (tertiary/aromatic N) is 2. The van der Waals surface area contributed by atoms with Crippen LogP contribution in [-0.4, -0.2) is 18.1 Å². The van der Waals surface area contributed by atoms with Crippen LogP contribution in [0.25, 0.3) is 0 Å². The molecule has 104 valence electrons. The quantitative estimate of drug-likeness (QED) is 0.926. The van der Waals surface area contributed by atoms with Crippen molar-refractivity contribution in [3.05, 3.63) is 59.4 Å². The van der Waals surface area contributed by atoms with Gasteiger partial charge in [-0.25, -0.2) is 0 Å². The molecule has 1 aromatic heterocycles. The minimum Gasteiger partial charge on any atom is -0.365 e. The minimum absolute atomic E-state index is 0.556. The number of aryl methyl sites for hydroxylation is 1. The van der Waals surface area contributed by atoms with E-state index < -0.39 is 0 Å². The molecule has 3 rings (SSSR count). The first-order valence-corrected chi connectivity index (χ1v) is 7.24. The van der Waals surface area contributed by atoms with Gasteiger partial charge in [0.05, 0.1) is 12.2 Å². The van der Waals surface area contributed by atoms with Crippen LogP contribution in [0.5, 0.6) is 0 Å². The van der Waals surface area contributed by atoms with Crippen molar-refractivity contribution < 1.29 is 0 Å². The summed E-state index contributed by atoms with van der Waals surface area (Å²) in [4.78, 5) is 6.95. The van der Waals surface area contributed by atoms with Crippen LogP contribution in [0.2, 0.25) is 0 Å². The second kappa shape index (κ2) is 5.63. The molecule has 1 aromatic carbocycles. The number of para-hydroxylation sites is 1. The van der Waals surface area contributed by atoms with E-state index in [9.17, 15) is 0 Å². The van der Waals surface area contributed by atoms with Gasteiger partial charge in [-0.15, -0.1) is 0 Å². The lowest BCUT2D eigenvalue weighted by Crippen LogP contribution is -2.23. The van der Waals surface area contributed by atoms with Crippen LogP contribution in [0.4, 0.5) is 5.69 Å². The van der Waals surface area contributed by atoms with Crippen molar-refractivity contribution in [2.75, 3.05) is 18.0 Å². The molecular weight excluding hydrogens is 246 g/mol. The Morgan fingerprint density at radius 1 is 1.25 bits per heavy atom. The van der Waals surface area contributed by atoms with Crippen molar-refractivity contribution in [1.29, 1.82) is 0 Å². The van der Waals surface area contributed by atoms with Crippen molar-refractivity contribution in [2.24, 2.45) is 5.73 Å². The highest BCUT2D eigenvalue weighted by atomic mass is 15.2. The molecule has 0 spiro atoms. The predicted molar refractivity (Wildman–Crippen MR) is 82.9 cm³/mol. The van der Waals surface area contributed by atoms with E-state index in [2.05, 4.69) is 47.1 Å². The van der Waals surface area contributed by atoms with Gasteiger partial charge >= 0.3 is 0 Å². The Bertz CT molecular complexity index is 594. The number of benzene rings is 1. The highest BCUT2D eigenvalue weighted by Crippen LogP contribution is 2.38. The lowest BCUT2D eigenvalue weighted by Gasteiger charge is -2.20. The van der Waals surface area contributed by atoms with Gasteiger partial charge < -0.3 is 10.6 Å². The fourth-order valence-corrected chi connectivity index (χ4v) is 3.05. The number of nitrogens with two attached hydrogens (primary N) is 1. The molecule has 0 fully saturated rings. The molecule has 2 aromatic rings. The van der Waals surface area contributed by atoms with Crippen LogP contribution >= 0.6 is 0 Å². The van der Waals surface area contributed by atoms with Gasteiger partial charge in [-0.2, -0.15) is 0 Å². The van der Waals surface area contributed by atoms with Crippen LogP contribution < -0.4 is 10.6 Å². The number of rotatable bonds is 4. The number of aromatic nitrogens is 1. The SMILES string of the molecule is Cc1cccnc1CN1CC(CCN)c2ccccc21. The van der Waals surface area contributed by atoms with Crippen LogP contribution in [0.3, 0.4) is 0 Å². The normalized spacial score (nSPS) is 17.3. The van der Waals surface area contributed by atoms with Gasteiger partial charge in [0.25, 0.3) is 0 Å². The van der Waals surface area contributed by atoms with Crippen molar-refractivity contribution >= 4 is 5.69 Å². The Kier molecular flexibility index (Phi) is 3.70. The third kappa shape index (κ3) is 2.41. The standard InChI is InChI=1S/C17H21N3/c1-13-5-4-10-19-16(13)12-20-11-14(8-9-18)15-6-2-3-7-17(15)20/h2-7,10,14H,8-9,11-12,18H2,1H3. The zero-order chi connectivity index (χ0) is 13.9. The van der Waals surface area contributed by atoms with Gasteiger partial charge in [0, 0.05) is 24.3 Å². The number of hydrogen-bond acceptors (Lipinski definition) is 3. The summed E-state index contributed by atoms with van der Waals surface area (Å²) in [6.45, 7) is 4.80. The summed E-state index contributed by atoms with van der Waals surface area (Å²) in [5, 5.41) is 0. The van der Waals surface area contributed by atoms with Crippen LogP contribution in [-0.2, 0) is 6.54 Å². The Morgan fingerprint density at radius 3 is 2.90 bits per heavy atom. The van der Waals surface area contributed by atoms with Crippen molar-refractivity contribution in [2.45, 2.75) is 25.8 Å². The van der Waals surface area contributed by atoms with E-state index >= 15 is 0 Å². The summed E-state index contributed by atoms with van der Waals surface area (Å²) in [6, 6.07) is 12.8. The maximum absolute atomic E-state index is 5.76. The molecule has 0 aliphatic carbocycles. The van der Waals surface area contributed by atoms with Crippen molar-refractivity contribution in [3.8, 4) is 0 Å². The largest absolute Gasteiger partial charge is 0.365 e. The first-order chi connectivity index (χ1) is 9.79. The molecule has 1 aliphatic heterocycles. The van der Waals surface area contributed by atoms with E-state index in [1.54, 1.807) is 0 Å². The van der Waals surface area contributed by atoms with E-state index in [4.69, 9.17) is 5.73 Å². The zero-order valence-corrected chi connectivity index (χ0v) is 11.9. The molecule has 2 heterocycles. The number of fused-ring (bicyclic) bond motifs is 1. The molecule has 0 saturated heterocycles. The molecule has 0 bridgehead atoms. The van der Waals surface area contributed by atoms with Gasteiger partial charge in [-0.05, 0) is 43.1 Å². The molecule has 1 unspecified atom stereocenters.